The van der Waals surface area contributed by atoms with Crippen molar-refractivity contribution in [2.75, 3.05) is 20.2 Å². The normalized spacial score (nSPS) is 16.3. The summed E-state index contributed by atoms with van der Waals surface area (Å²) in [6, 6.07) is 8.06. The molecule has 1 saturated heterocycles. The number of methoxy groups -OCH3 is 1. The highest BCUT2D eigenvalue weighted by atomic mass is 16.5. The molecule has 0 aliphatic carbocycles. The largest absolute Gasteiger partial charge is 0.380 e. The number of nitrogens with one attached hydrogen (secondary N) is 2. The van der Waals surface area contributed by atoms with Crippen LogP contribution in [-0.2, 0) is 22.7 Å². The Hall–Kier alpha value is -1.39. The van der Waals surface area contributed by atoms with Gasteiger partial charge < -0.3 is 15.4 Å². The number of benzene rings is 1. The molecule has 0 unspecified atom stereocenters. The minimum absolute atomic E-state index is 0.163. The number of piperidine rings is 1. The average Bonchev–Trinajstić information content (AvgIpc) is 2.47. The molecule has 1 fully saturated rings. The van der Waals surface area contributed by atoms with E-state index in [1.807, 2.05) is 24.3 Å². The number of hydrogen-bond acceptors (Lipinski definition) is 3. The monoisotopic (exact) mass is 262 g/mol. The molecule has 104 valence electrons. The molecule has 0 bridgehead atoms. The van der Waals surface area contributed by atoms with E-state index in [0.29, 0.717) is 13.2 Å². The fourth-order valence-corrected chi connectivity index (χ4v) is 2.44. The van der Waals surface area contributed by atoms with Gasteiger partial charge in [0.1, 0.15) is 0 Å². The first-order valence-electron chi connectivity index (χ1n) is 6.85. The average molecular weight is 262 g/mol. The first-order valence-corrected chi connectivity index (χ1v) is 6.85. The van der Waals surface area contributed by atoms with E-state index >= 15 is 0 Å². The lowest BCUT2D eigenvalue weighted by Gasteiger charge is -2.22. The third-order valence-corrected chi connectivity index (χ3v) is 3.58. The van der Waals surface area contributed by atoms with Crippen molar-refractivity contribution in [2.24, 2.45) is 5.92 Å². The zero-order chi connectivity index (χ0) is 13.5. The van der Waals surface area contributed by atoms with Gasteiger partial charge in [0.2, 0.25) is 5.91 Å². The minimum atomic E-state index is 0.163. The van der Waals surface area contributed by atoms with E-state index in [4.69, 9.17) is 4.74 Å². The van der Waals surface area contributed by atoms with E-state index in [1.165, 1.54) is 0 Å². The predicted molar refractivity (Wildman–Crippen MR) is 74.6 cm³/mol. The number of hydrogen-bond donors (Lipinski definition) is 2. The summed E-state index contributed by atoms with van der Waals surface area (Å²) in [5, 5.41) is 6.32. The zero-order valence-electron chi connectivity index (χ0n) is 11.4. The van der Waals surface area contributed by atoms with Crippen molar-refractivity contribution in [3.05, 3.63) is 35.4 Å². The third-order valence-electron chi connectivity index (χ3n) is 3.58. The summed E-state index contributed by atoms with van der Waals surface area (Å²) < 4.78 is 5.17. The summed E-state index contributed by atoms with van der Waals surface area (Å²) in [4.78, 5) is 12.1. The lowest BCUT2D eigenvalue weighted by molar-refractivity contribution is -0.125. The maximum Gasteiger partial charge on any atom is 0.223 e. The number of carbonyl (C=O) groups is 1. The Morgan fingerprint density at radius 3 is 2.68 bits per heavy atom. The van der Waals surface area contributed by atoms with Crippen molar-refractivity contribution in [3.8, 4) is 0 Å². The smallest absolute Gasteiger partial charge is 0.223 e. The summed E-state index contributed by atoms with van der Waals surface area (Å²) in [5.41, 5.74) is 2.27. The molecule has 4 heteroatoms. The molecular weight excluding hydrogens is 240 g/mol. The van der Waals surface area contributed by atoms with Gasteiger partial charge in [0.25, 0.3) is 0 Å². The molecule has 1 aliphatic rings. The summed E-state index contributed by atoms with van der Waals surface area (Å²) in [6.45, 7) is 3.05. The Labute approximate surface area is 114 Å². The van der Waals surface area contributed by atoms with E-state index in [-0.39, 0.29) is 11.8 Å². The highest BCUT2D eigenvalue weighted by molar-refractivity contribution is 5.78. The SMILES string of the molecule is COCc1ccccc1CNC(=O)C1CCNCC1. The molecule has 1 aromatic rings. The molecular formula is C15H22N2O2. The summed E-state index contributed by atoms with van der Waals surface area (Å²) in [7, 11) is 1.68. The van der Waals surface area contributed by atoms with Gasteiger partial charge in [-0.2, -0.15) is 0 Å². The van der Waals surface area contributed by atoms with Crippen LogP contribution in [0.2, 0.25) is 0 Å². The van der Waals surface area contributed by atoms with Crippen LogP contribution in [0, 0.1) is 5.92 Å². The highest BCUT2D eigenvalue weighted by Crippen LogP contribution is 2.13. The maximum absolute atomic E-state index is 12.1. The van der Waals surface area contributed by atoms with Gasteiger partial charge in [-0.15, -0.1) is 0 Å². The summed E-state index contributed by atoms with van der Waals surface area (Å²) in [6.07, 6.45) is 1.87. The first kappa shape index (κ1) is 14.0. The van der Waals surface area contributed by atoms with Crippen LogP contribution in [0.1, 0.15) is 24.0 Å². The zero-order valence-corrected chi connectivity index (χ0v) is 11.4. The van der Waals surface area contributed by atoms with Crippen molar-refractivity contribution >= 4 is 5.91 Å². The van der Waals surface area contributed by atoms with Gasteiger partial charge in [0.15, 0.2) is 0 Å². The van der Waals surface area contributed by atoms with Crippen LogP contribution < -0.4 is 10.6 Å². The van der Waals surface area contributed by atoms with Gasteiger partial charge in [0, 0.05) is 19.6 Å². The van der Waals surface area contributed by atoms with Gasteiger partial charge >= 0.3 is 0 Å². The molecule has 4 nitrogen and oxygen atoms in total. The van der Waals surface area contributed by atoms with Crippen LogP contribution in [0.15, 0.2) is 24.3 Å². The molecule has 19 heavy (non-hydrogen) atoms. The van der Waals surface area contributed by atoms with Crippen molar-refractivity contribution in [2.45, 2.75) is 26.0 Å². The molecule has 0 aromatic heterocycles. The van der Waals surface area contributed by atoms with Crippen LogP contribution in [0.25, 0.3) is 0 Å². The first-order chi connectivity index (χ1) is 9.31. The van der Waals surface area contributed by atoms with Crippen LogP contribution in [0.3, 0.4) is 0 Å². The number of ether oxygens (including phenoxy) is 1. The lowest BCUT2D eigenvalue weighted by Crippen LogP contribution is -2.38. The second-order valence-corrected chi connectivity index (χ2v) is 4.94. The van der Waals surface area contributed by atoms with Gasteiger partial charge in [-0.1, -0.05) is 24.3 Å². The topological polar surface area (TPSA) is 50.4 Å². The van der Waals surface area contributed by atoms with Crippen molar-refractivity contribution in [1.82, 2.24) is 10.6 Å². The Morgan fingerprint density at radius 2 is 2.00 bits per heavy atom. The quantitative estimate of drug-likeness (QED) is 0.844. The number of rotatable bonds is 5. The molecule has 2 rings (SSSR count). The summed E-state index contributed by atoms with van der Waals surface area (Å²) >= 11 is 0. The molecule has 0 radical (unpaired) electrons. The second kappa shape index (κ2) is 7.26. The fraction of sp³-hybridized carbons (Fsp3) is 0.533. The second-order valence-electron chi connectivity index (χ2n) is 4.94. The molecule has 1 aromatic carbocycles. The van der Waals surface area contributed by atoms with Crippen molar-refractivity contribution < 1.29 is 9.53 Å². The minimum Gasteiger partial charge on any atom is -0.380 e. The number of carbonyl (C=O) groups excluding carboxylic acids is 1. The van der Waals surface area contributed by atoms with Crippen molar-refractivity contribution in [3.63, 3.8) is 0 Å². The Morgan fingerprint density at radius 1 is 1.32 bits per heavy atom. The standard InChI is InChI=1S/C15H22N2O2/c1-19-11-14-5-3-2-4-13(14)10-17-15(18)12-6-8-16-9-7-12/h2-5,12,16H,6-11H2,1H3,(H,17,18). The van der Waals surface area contributed by atoms with E-state index in [1.54, 1.807) is 7.11 Å². The van der Waals surface area contributed by atoms with Crippen molar-refractivity contribution in [1.29, 1.82) is 0 Å². The molecule has 1 heterocycles. The maximum atomic E-state index is 12.1. The van der Waals surface area contributed by atoms with Crippen LogP contribution in [-0.4, -0.2) is 26.1 Å². The molecule has 0 saturated carbocycles. The van der Waals surface area contributed by atoms with E-state index in [0.717, 1.165) is 37.1 Å². The van der Waals surface area contributed by atoms with Gasteiger partial charge in [-0.3, -0.25) is 4.79 Å². The Bertz CT molecular complexity index is 414. The van der Waals surface area contributed by atoms with Gasteiger partial charge in [-0.25, -0.2) is 0 Å². The molecule has 1 aliphatic heterocycles. The van der Waals surface area contributed by atoms with Gasteiger partial charge in [0.05, 0.1) is 6.61 Å². The van der Waals surface area contributed by atoms with Crippen LogP contribution in [0.4, 0.5) is 0 Å². The molecule has 0 atom stereocenters. The van der Waals surface area contributed by atoms with Crippen LogP contribution >= 0.6 is 0 Å². The molecule has 2 N–H and O–H groups in total. The molecule has 0 spiro atoms. The molecule has 1 amide bonds. The van der Waals surface area contributed by atoms with Gasteiger partial charge in [-0.05, 0) is 37.1 Å². The lowest BCUT2D eigenvalue weighted by atomic mass is 9.97. The van der Waals surface area contributed by atoms with Crippen LogP contribution in [0.5, 0.6) is 0 Å². The Kier molecular flexibility index (Phi) is 5.36. The Balaban J connectivity index is 1.89. The summed E-state index contributed by atoms with van der Waals surface area (Å²) in [5.74, 6) is 0.338. The van der Waals surface area contributed by atoms with E-state index in [2.05, 4.69) is 10.6 Å². The predicted octanol–water partition coefficient (Wildman–Crippen LogP) is 1.45. The fourth-order valence-electron chi connectivity index (χ4n) is 2.44. The number of amides is 1. The van der Waals surface area contributed by atoms with E-state index < -0.39 is 0 Å². The van der Waals surface area contributed by atoms with E-state index in [9.17, 15) is 4.79 Å². The third kappa shape index (κ3) is 4.04. The highest BCUT2D eigenvalue weighted by Gasteiger charge is 2.20.